The van der Waals surface area contributed by atoms with Crippen LogP contribution in [0.3, 0.4) is 0 Å². The summed E-state index contributed by atoms with van der Waals surface area (Å²) in [4.78, 5) is 11.7. The molecule has 0 aliphatic rings. The van der Waals surface area contributed by atoms with Crippen LogP contribution in [0.25, 0.3) is 6.08 Å². The summed E-state index contributed by atoms with van der Waals surface area (Å²) in [5.74, 6) is 1.25. The minimum atomic E-state index is -0.164. The molecule has 0 unspecified atom stereocenters. The molecule has 132 valence electrons. The fourth-order valence-corrected chi connectivity index (χ4v) is 2.35. The summed E-state index contributed by atoms with van der Waals surface area (Å²) in [5, 5.41) is 0. The van der Waals surface area contributed by atoms with Crippen LogP contribution in [0, 0.1) is 0 Å². The average Bonchev–Trinajstić information content (AvgIpc) is 2.66. The monoisotopic (exact) mass is 340 g/mol. The third kappa shape index (κ3) is 6.34. The Morgan fingerprint density at radius 2 is 1.76 bits per heavy atom. The fraction of sp³-hybridized carbons (Fsp3) is 0.286. The molecule has 0 aliphatic carbocycles. The van der Waals surface area contributed by atoms with E-state index in [1.807, 2.05) is 60.7 Å². The van der Waals surface area contributed by atoms with Crippen LogP contribution >= 0.6 is 0 Å². The average molecular weight is 340 g/mol. The molecule has 0 saturated heterocycles. The van der Waals surface area contributed by atoms with E-state index in [4.69, 9.17) is 14.2 Å². The van der Waals surface area contributed by atoms with Gasteiger partial charge in [0.05, 0.1) is 14.2 Å². The predicted octanol–water partition coefficient (Wildman–Crippen LogP) is 4.63. The quantitative estimate of drug-likeness (QED) is 0.493. The van der Waals surface area contributed by atoms with Crippen molar-refractivity contribution >= 4 is 12.0 Å². The third-order valence-electron chi connectivity index (χ3n) is 3.71. The number of hydrogen-bond acceptors (Lipinski definition) is 4. The Hall–Kier alpha value is -2.75. The lowest BCUT2D eigenvalue weighted by Crippen LogP contribution is -2.03. The van der Waals surface area contributed by atoms with Crippen molar-refractivity contribution in [2.24, 2.45) is 0 Å². The first kappa shape index (κ1) is 18.6. The summed E-state index contributed by atoms with van der Waals surface area (Å²) in [5.41, 5.74) is 2.04. The van der Waals surface area contributed by atoms with E-state index in [-0.39, 0.29) is 5.97 Å². The molecule has 0 radical (unpaired) electrons. The number of allylic oxidation sites excluding steroid dienone is 1. The second kappa shape index (κ2) is 10.2. The Labute approximate surface area is 149 Å². The van der Waals surface area contributed by atoms with Crippen molar-refractivity contribution in [2.45, 2.75) is 25.9 Å². The molecule has 0 N–H and O–H groups in total. The molecule has 0 amide bonds. The number of ether oxygens (including phenoxy) is 3. The standard InChI is InChI=1S/C21H24O4/c1-23-19-14-13-17(15-20(19)24-2)9-5-4-8-12-21(22)25-16-18-10-6-3-7-11-18/h3,5-7,9-11,13-15H,4,8,12,16H2,1-2H3/b9-5-. The van der Waals surface area contributed by atoms with Crippen molar-refractivity contribution in [2.75, 3.05) is 14.2 Å². The van der Waals surface area contributed by atoms with Crippen LogP contribution in [-0.2, 0) is 16.1 Å². The molecule has 25 heavy (non-hydrogen) atoms. The smallest absolute Gasteiger partial charge is 0.306 e. The van der Waals surface area contributed by atoms with Gasteiger partial charge in [-0.15, -0.1) is 0 Å². The molecule has 0 fully saturated rings. The Morgan fingerprint density at radius 3 is 2.48 bits per heavy atom. The number of hydrogen-bond donors (Lipinski definition) is 0. The highest BCUT2D eigenvalue weighted by Crippen LogP contribution is 2.28. The van der Waals surface area contributed by atoms with Crippen LogP contribution in [0.5, 0.6) is 11.5 Å². The first-order valence-corrected chi connectivity index (χ1v) is 8.31. The SMILES string of the molecule is COc1ccc(/C=C\CCCC(=O)OCc2ccccc2)cc1OC. The van der Waals surface area contributed by atoms with E-state index in [0.717, 1.165) is 24.0 Å². The van der Waals surface area contributed by atoms with Crippen LogP contribution in [0.15, 0.2) is 54.6 Å². The van der Waals surface area contributed by atoms with Crippen molar-refractivity contribution in [3.05, 3.63) is 65.7 Å². The Balaban J connectivity index is 1.70. The summed E-state index contributed by atoms with van der Waals surface area (Å²) in [7, 11) is 3.23. The minimum absolute atomic E-state index is 0.164. The number of carbonyl (C=O) groups is 1. The Bertz CT molecular complexity index is 692. The van der Waals surface area contributed by atoms with Gasteiger partial charge in [-0.2, -0.15) is 0 Å². The van der Waals surface area contributed by atoms with Crippen molar-refractivity contribution in [3.8, 4) is 11.5 Å². The molecular formula is C21H24O4. The topological polar surface area (TPSA) is 44.8 Å². The van der Waals surface area contributed by atoms with Gasteiger partial charge in [0.15, 0.2) is 11.5 Å². The summed E-state index contributed by atoms with van der Waals surface area (Å²) < 4.78 is 15.7. The highest BCUT2D eigenvalue weighted by Gasteiger charge is 2.03. The molecule has 0 aliphatic heterocycles. The number of esters is 1. The summed E-state index contributed by atoms with van der Waals surface area (Å²) >= 11 is 0. The fourth-order valence-electron chi connectivity index (χ4n) is 2.35. The Morgan fingerprint density at radius 1 is 1.00 bits per heavy atom. The number of methoxy groups -OCH3 is 2. The number of rotatable bonds is 9. The minimum Gasteiger partial charge on any atom is -0.493 e. The maximum absolute atomic E-state index is 11.7. The first-order chi connectivity index (χ1) is 12.2. The van der Waals surface area contributed by atoms with Gasteiger partial charge in [0.2, 0.25) is 0 Å². The molecular weight excluding hydrogens is 316 g/mol. The van der Waals surface area contributed by atoms with E-state index in [9.17, 15) is 4.79 Å². The molecule has 2 aromatic carbocycles. The summed E-state index contributed by atoms with van der Waals surface area (Å²) in [6.45, 7) is 0.334. The third-order valence-corrected chi connectivity index (χ3v) is 3.71. The number of benzene rings is 2. The number of unbranched alkanes of at least 4 members (excludes halogenated alkanes) is 1. The van der Waals surface area contributed by atoms with Gasteiger partial charge >= 0.3 is 5.97 Å². The van der Waals surface area contributed by atoms with Gasteiger partial charge < -0.3 is 14.2 Å². The normalized spacial score (nSPS) is 10.6. The van der Waals surface area contributed by atoms with E-state index in [2.05, 4.69) is 0 Å². The van der Waals surface area contributed by atoms with Gasteiger partial charge in [0.1, 0.15) is 6.61 Å². The zero-order chi connectivity index (χ0) is 17.9. The van der Waals surface area contributed by atoms with Gasteiger partial charge in [-0.25, -0.2) is 0 Å². The molecule has 4 nitrogen and oxygen atoms in total. The summed E-state index contributed by atoms with van der Waals surface area (Å²) in [6, 6.07) is 15.5. The van der Waals surface area contributed by atoms with Gasteiger partial charge in [0.25, 0.3) is 0 Å². The van der Waals surface area contributed by atoms with E-state index in [1.165, 1.54) is 0 Å². The molecule has 0 heterocycles. The molecule has 2 aromatic rings. The lowest BCUT2D eigenvalue weighted by molar-refractivity contribution is -0.145. The number of carbonyl (C=O) groups excluding carboxylic acids is 1. The molecule has 0 spiro atoms. The predicted molar refractivity (Wildman–Crippen MR) is 98.7 cm³/mol. The van der Waals surface area contributed by atoms with E-state index in [1.54, 1.807) is 14.2 Å². The molecule has 0 aromatic heterocycles. The van der Waals surface area contributed by atoms with Gasteiger partial charge in [0, 0.05) is 6.42 Å². The first-order valence-electron chi connectivity index (χ1n) is 8.31. The highest BCUT2D eigenvalue weighted by atomic mass is 16.5. The van der Waals surface area contributed by atoms with Crippen LogP contribution in [0.4, 0.5) is 0 Å². The summed E-state index contributed by atoms with van der Waals surface area (Å²) in [6.07, 6.45) is 6.05. The van der Waals surface area contributed by atoms with Gasteiger partial charge in [-0.1, -0.05) is 48.6 Å². The largest absolute Gasteiger partial charge is 0.493 e. The van der Waals surface area contributed by atoms with E-state index in [0.29, 0.717) is 24.5 Å². The van der Waals surface area contributed by atoms with Crippen molar-refractivity contribution < 1.29 is 19.0 Å². The van der Waals surface area contributed by atoms with E-state index < -0.39 is 0 Å². The molecule has 0 bridgehead atoms. The molecule has 0 atom stereocenters. The van der Waals surface area contributed by atoms with Crippen LogP contribution < -0.4 is 9.47 Å². The molecule has 2 rings (SSSR count). The highest BCUT2D eigenvalue weighted by molar-refractivity contribution is 5.69. The van der Waals surface area contributed by atoms with Gasteiger partial charge in [-0.05, 0) is 36.1 Å². The zero-order valence-corrected chi connectivity index (χ0v) is 14.7. The zero-order valence-electron chi connectivity index (χ0n) is 14.7. The molecule has 0 saturated carbocycles. The van der Waals surface area contributed by atoms with Crippen molar-refractivity contribution in [1.29, 1.82) is 0 Å². The Kier molecular flexibility index (Phi) is 7.57. The van der Waals surface area contributed by atoms with Gasteiger partial charge in [-0.3, -0.25) is 4.79 Å². The van der Waals surface area contributed by atoms with Crippen LogP contribution in [-0.4, -0.2) is 20.2 Å². The van der Waals surface area contributed by atoms with Crippen LogP contribution in [0.1, 0.15) is 30.4 Å². The molecule has 4 heteroatoms. The maximum atomic E-state index is 11.7. The maximum Gasteiger partial charge on any atom is 0.306 e. The lowest BCUT2D eigenvalue weighted by atomic mass is 10.1. The van der Waals surface area contributed by atoms with E-state index >= 15 is 0 Å². The van der Waals surface area contributed by atoms with Crippen molar-refractivity contribution in [1.82, 2.24) is 0 Å². The second-order valence-electron chi connectivity index (χ2n) is 5.56. The second-order valence-corrected chi connectivity index (χ2v) is 5.56. The van der Waals surface area contributed by atoms with Crippen molar-refractivity contribution in [3.63, 3.8) is 0 Å². The lowest BCUT2D eigenvalue weighted by Gasteiger charge is -2.07. The van der Waals surface area contributed by atoms with Crippen LogP contribution in [0.2, 0.25) is 0 Å².